The maximum Gasteiger partial charge on any atom is 0.0556 e. The van der Waals surface area contributed by atoms with Crippen LogP contribution in [0.4, 0.5) is 0 Å². The Balaban J connectivity index is 2.71. The maximum absolute atomic E-state index is 5.12. The molecular weight excluding hydrogens is 242 g/mol. The molecule has 1 unspecified atom stereocenters. The highest BCUT2D eigenvalue weighted by Crippen LogP contribution is 2.29. The van der Waals surface area contributed by atoms with E-state index in [9.17, 15) is 0 Å². The third kappa shape index (κ3) is 5.01. The van der Waals surface area contributed by atoms with Gasteiger partial charge in [0.1, 0.15) is 0 Å². The summed E-state index contributed by atoms with van der Waals surface area (Å²) in [6.45, 7) is 6.33. The lowest BCUT2D eigenvalue weighted by Gasteiger charge is -2.20. The van der Waals surface area contributed by atoms with Gasteiger partial charge in [0.25, 0.3) is 0 Å². The first-order valence-electron chi connectivity index (χ1n) is 6.77. The SMILES string of the molecule is CCCNC(CC)c1ccccc1SCCOC. The predicted molar refractivity (Wildman–Crippen MR) is 80.4 cm³/mol. The number of methoxy groups -OCH3 is 1. The Morgan fingerprint density at radius 3 is 2.72 bits per heavy atom. The summed E-state index contributed by atoms with van der Waals surface area (Å²) in [6.07, 6.45) is 2.30. The van der Waals surface area contributed by atoms with E-state index in [1.807, 2.05) is 11.8 Å². The molecular formula is C15H25NOS. The van der Waals surface area contributed by atoms with E-state index in [0.29, 0.717) is 6.04 Å². The lowest BCUT2D eigenvalue weighted by atomic mass is 10.0. The van der Waals surface area contributed by atoms with Crippen LogP contribution in [0.25, 0.3) is 0 Å². The standard InChI is InChI=1S/C15H25NOS/c1-4-10-16-14(5-2)13-8-6-7-9-15(13)18-12-11-17-3/h6-9,14,16H,4-5,10-12H2,1-3H3. The number of hydrogen-bond acceptors (Lipinski definition) is 3. The van der Waals surface area contributed by atoms with Crippen molar-refractivity contribution in [3.05, 3.63) is 29.8 Å². The average molecular weight is 267 g/mol. The van der Waals surface area contributed by atoms with Crippen molar-refractivity contribution in [2.75, 3.05) is 26.0 Å². The second-order valence-corrected chi connectivity index (χ2v) is 5.43. The van der Waals surface area contributed by atoms with Gasteiger partial charge in [-0.3, -0.25) is 0 Å². The maximum atomic E-state index is 5.12. The zero-order chi connectivity index (χ0) is 13.2. The first-order chi connectivity index (χ1) is 8.83. The zero-order valence-corrected chi connectivity index (χ0v) is 12.6. The molecule has 0 amide bonds. The van der Waals surface area contributed by atoms with Gasteiger partial charge in [-0.05, 0) is 31.0 Å². The first kappa shape index (κ1) is 15.5. The van der Waals surface area contributed by atoms with Crippen LogP contribution in [0.15, 0.2) is 29.2 Å². The molecule has 0 aliphatic rings. The van der Waals surface area contributed by atoms with Crippen LogP contribution in [0.1, 0.15) is 38.3 Å². The molecule has 0 saturated heterocycles. The number of rotatable bonds is 9. The van der Waals surface area contributed by atoms with Crippen molar-refractivity contribution in [3.8, 4) is 0 Å². The summed E-state index contributed by atoms with van der Waals surface area (Å²) in [4.78, 5) is 1.38. The largest absolute Gasteiger partial charge is 0.384 e. The molecule has 102 valence electrons. The van der Waals surface area contributed by atoms with E-state index in [1.165, 1.54) is 16.9 Å². The Morgan fingerprint density at radius 2 is 2.06 bits per heavy atom. The van der Waals surface area contributed by atoms with E-state index in [2.05, 4.69) is 43.4 Å². The number of benzene rings is 1. The topological polar surface area (TPSA) is 21.3 Å². The highest BCUT2D eigenvalue weighted by molar-refractivity contribution is 7.99. The van der Waals surface area contributed by atoms with Crippen LogP contribution in [-0.4, -0.2) is 26.0 Å². The lowest BCUT2D eigenvalue weighted by Crippen LogP contribution is -2.22. The second-order valence-electron chi connectivity index (χ2n) is 4.29. The van der Waals surface area contributed by atoms with Crippen molar-refractivity contribution in [3.63, 3.8) is 0 Å². The molecule has 1 aromatic carbocycles. The molecule has 1 atom stereocenters. The number of hydrogen-bond donors (Lipinski definition) is 1. The van der Waals surface area contributed by atoms with Crippen molar-refractivity contribution in [2.45, 2.75) is 37.6 Å². The minimum atomic E-state index is 0.469. The van der Waals surface area contributed by atoms with E-state index >= 15 is 0 Å². The molecule has 0 aromatic heterocycles. The van der Waals surface area contributed by atoms with E-state index in [1.54, 1.807) is 7.11 Å². The van der Waals surface area contributed by atoms with Crippen molar-refractivity contribution in [2.24, 2.45) is 0 Å². The quantitative estimate of drug-likeness (QED) is 0.542. The van der Waals surface area contributed by atoms with Crippen LogP contribution in [0.2, 0.25) is 0 Å². The summed E-state index contributed by atoms with van der Waals surface area (Å²) >= 11 is 1.88. The molecule has 0 bridgehead atoms. The van der Waals surface area contributed by atoms with Gasteiger partial charge in [-0.2, -0.15) is 0 Å². The summed E-state index contributed by atoms with van der Waals surface area (Å²) < 4.78 is 5.12. The third-order valence-electron chi connectivity index (χ3n) is 2.89. The first-order valence-corrected chi connectivity index (χ1v) is 7.76. The van der Waals surface area contributed by atoms with Crippen molar-refractivity contribution in [1.82, 2.24) is 5.32 Å². The predicted octanol–water partition coefficient (Wildman–Crippen LogP) is 3.88. The number of thioether (sulfide) groups is 1. The van der Waals surface area contributed by atoms with Crippen LogP contribution in [-0.2, 0) is 4.74 Å². The Hall–Kier alpha value is -0.510. The molecule has 1 rings (SSSR count). The minimum Gasteiger partial charge on any atom is -0.384 e. The lowest BCUT2D eigenvalue weighted by molar-refractivity contribution is 0.218. The minimum absolute atomic E-state index is 0.469. The van der Waals surface area contributed by atoms with Crippen LogP contribution in [0, 0.1) is 0 Å². The number of nitrogens with one attached hydrogen (secondary N) is 1. The average Bonchev–Trinajstić information content (AvgIpc) is 2.41. The van der Waals surface area contributed by atoms with Gasteiger partial charge in [0.15, 0.2) is 0 Å². The Bertz CT molecular complexity index is 330. The van der Waals surface area contributed by atoms with Gasteiger partial charge < -0.3 is 10.1 Å². The molecule has 0 heterocycles. The molecule has 1 aromatic rings. The fraction of sp³-hybridized carbons (Fsp3) is 0.600. The van der Waals surface area contributed by atoms with E-state index in [4.69, 9.17) is 4.74 Å². The summed E-state index contributed by atoms with van der Waals surface area (Å²) in [6, 6.07) is 9.17. The number of ether oxygens (including phenoxy) is 1. The van der Waals surface area contributed by atoms with Crippen molar-refractivity contribution < 1.29 is 4.74 Å². The molecule has 2 nitrogen and oxygen atoms in total. The molecule has 18 heavy (non-hydrogen) atoms. The fourth-order valence-electron chi connectivity index (χ4n) is 1.93. The molecule has 0 aliphatic heterocycles. The molecule has 3 heteroatoms. The summed E-state index contributed by atoms with van der Waals surface area (Å²) in [5.41, 5.74) is 1.43. The molecule has 1 N–H and O–H groups in total. The van der Waals surface area contributed by atoms with Crippen LogP contribution >= 0.6 is 11.8 Å². The van der Waals surface area contributed by atoms with Gasteiger partial charge in [0.05, 0.1) is 6.61 Å². The Kier molecular flexibility index (Phi) is 8.14. The molecule has 0 aliphatic carbocycles. The highest BCUT2D eigenvalue weighted by atomic mass is 32.2. The van der Waals surface area contributed by atoms with Gasteiger partial charge in [-0.15, -0.1) is 11.8 Å². The molecule has 0 fully saturated rings. The summed E-state index contributed by atoms with van der Waals surface area (Å²) in [5.74, 6) is 1.01. The van der Waals surface area contributed by atoms with Gasteiger partial charge >= 0.3 is 0 Å². The second kappa shape index (κ2) is 9.42. The molecule has 0 radical (unpaired) electrons. The van der Waals surface area contributed by atoms with E-state index in [0.717, 1.165) is 25.3 Å². The van der Waals surface area contributed by atoms with Crippen molar-refractivity contribution in [1.29, 1.82) is 0 Å². The van der Waals surface area contributed by atoms with Gasteiger partial charge in [0, 0.05) is 23.8 Å². The van der Waals surface area contributed by atoms with Gasteiger partial charge in [0.2, 0.25) is 0 Å². The van der Waals surface area contributed by atoms with Gasteiger partial charge in [-0.1, -0.05) is 32.0 Å². The Morgan fingerprint density at radius 1 is 1.28 bits per heavy atom. The van der Waals surface area contributed by atoms with E-state index < -0.39 is 0 Å². The van der Waals surface area contributed by atoms with Crippen molar-refractivity contribution >= 4 is 11.8 Å². The highest BCUT2D eigenvalue weighted by Gasteiger charge is 2.12. The molecule has 0 spiro atoms. The third-order valence-corrected chi connectivity index (χ3v) is 3.94. The smallest absolute Gasteiger partial charge is 0.0556 e. The van der Waals surface area contributed by atoms with Crippen LogP contribution < -0.4 is 5.32 Å². The zero-order valence-electron chi connectivity index (χ0n) is 11.7. The normalized spacial score (nSPS) is 12.6. The Labute approximate surface area is 116 Å². The van der Waals surface area contributed by atoms with E-state index in [-0.39, 0.29) is 0 Å². The summed E-state index contributed by atoms with van der Waals surface area (Å²) in [7, 11) is 1.75. The van der Waals surface area contributed by atoms with Crippen LogP contribution in [0.5, 0.6) is 0 Å². The summed E-state index contributed by atoms with van der Waals surface area (Å²) in [5, 5.41) is 3.62. The monoisotopic (exact) mass is 267 g/mol. The van der Waals surface area contributed by atoms with Crippen LogP contribution in [0.3, 0.4) is 0 Å². The fourth-order valence-corrected chi connectivity index (χ4v) is 2.95. The van der Waals surface area contributed by atoms with Gasteiger partial charge in [-0.25, -0.2) is 0 Å². The molecule has 0 saturated carbocycles.